The highest BCUT2D eigenvalue weighted by atomic mass is 19.1. The zero-order valence-corrected chi connectivity index (χ0v) is 13.8. The highest BCUT2D eigenvalue weighted by Crippen LogP contribution is 2.18. The van der Waals surface area contributed by atoms with Gasteiger partial charge in [-0.05, 0) is 49.2 Å². The van der Waals surface area contributed by atoms with Crippen molar-refractivity contribution in [3.63, 3.8) is 0 Å². The maximum absolute atomic E-state index is 13.7. The summed E-state index contributed by atoms with van der Waals surface area (Å²) in [7, 11) is 1.30. The molecule has 0 saturated carbocycles. The van der Waals surface area contributed by atoms with Crippen LogP contribution in [0.25, 0.3) is 0 Å². The highest BCUT2D eigenvalue weighted by Gasteiger charge is 2.10. The van der Waals surface area contributed by atoms with E-state index in [9.17, 15) is 14.0 Å². The summed E-state index contributed by atoms with van der Waals surface area (Å²) >= 11 is 0. The Kier molecular flexibility index (Phi) is 5.52. The average molecular weight is 330 g/mol. The van der Waals surface area contributed by atoms with Crippen molar-refractivity contribution in [2.45, 2.75) is 13.8 Å². The van der Waals surface area contributed by atoms with Crippen molar-refractivity contribution in [2.24, 2.45) is 0 Å². The first-order valence-corrected chi connectivity index (χ1v) is 7.39. The maximum Gasteiger partial charge on any atom is 0.337 e. The molecular formula is C18H19FN2O3. The van der Waals surface area contributed by atoms with E-state index in [1.165, 1.54) is 19.2 Å². The minimum absolute atomic E-state index is 0.0568. The van der Waals surface area contributed by atoms with Crippen LogP contribution in [0.1, 0.15) is 21.5 Å². The molecule has 0 unspecified atom stereocenters. The first kappa shape index (κ1) is 17.5. The fourth-order valence-corrected chi connectivity index (χ4v) is 2.15. The Morgan fingerprint density at radius 2 is 1.83 bits per heavy atom. The van der Waals surface area contributed by atoms with Crippen molar-refractivity contribution in [1.82, 2.24) is 0 Å². The number of amides is 1. The molecule has 0 atom stereocenters. The number of hydrogen-bond donors (Lipinski definition) is 2. The van der Waals surface area contributed by atoms with Gasteiger partial charge in [0.25, 0.3) is 0 Å². The Morgan fingerprint density at radius 3 is 2.50 bits per heavy atom. The molecule has 0 bridgehead atoms. The summed E-state index contributed by atoms with van der Waals surface area (Å²) in [5.41, 5.74) is 2.80. The van der Waals surface area contributed by atoms with E-state index in [1.807, 2.05) is 6.92 Å². The zero-order valence-electron chi connectivity index (χ0n) is 13.8. The van der Waals surface area contributed by atoms with Gasteiger partial charge >= 0.3 is 5.97 Å². The van der Waals surface area contributed by atoms with Crippen LogP contribution in [-0.4, -0.2) is 25.5 Å². The lowest BCUT2D eigenvalue weighted by Crippen LogP contribution is -2.22. The molecule has 0 aliphatic carbocycles. The van der Waals surface area contributed by atoms with Crippen LogP contribution in [0.3, 0.4) is 0 Å². The van der Waals surface area contributed by atoms with Gasteiger partial charge in [0.15, 0.2) is 0 Å². The molecule has 0 saturated heterocycles. The summed E-state index contributed by atoms with van der Waals surface area (Å²) in [5.74, 6) is -1.32. The van der Waals surface area contributed by atoms with Gasteiger partial charge in [-0.15, -0.1) is 0 Å². The summed E-state index contributed by atoms with van der Waals surface area (Å²) in [4.78, 5) is 23.5. The minimum Gasteiger partial charge on any atom is -0.465 e. The molecule has 126 valence electrons. The number of rotatable bonds is 5. The number of esters is 1. The Labute approximate surface area is 139 Å². The highest BCUT2D eigenvalue weighted by molar-refractivity contribution is 5.94. The number of hydrogen-bond acceptors (Lipinski definition) is 4. The number of halogens is 1. The standard InChI is InChI=1S/C18H19FN2O3/c1-11-4-7-15(14(19)8-11)21-17(22)10-20-16-9-13(18(23)24-3)6-5-12(16)2/h4-9,20H,10H2,1-3H3,(H,21,22). The summed E-state index contributed by atoms with van der Waals surface area (Å²) in [6.45, 7) is 3.56. The summed E-state index contributed by atoms with van der Waals surface area (Å²) in [6.07, 6.45) is 0. The Hall–Kier alpha value is -2.89. The molecular weight excluding hydrogens is 311 g/mol. The predicted molar refractivity (Wildman–Crippen MR) is 90.8 cm³/mol. The molecule has 0 aromatic heterocycles. The van der Waals surface area contributed by atoms with Crippen molar-refractivity contribution < 1.29 is 18.7 Å². The second-order valence-electron chi connectivity index (χ2n) is 5.41. The van der Waals surface area contributed by atoms with E-state index in [4.69, 9.17) is 0 Å². The molecule has 0 aliphatic heterocycles. The molecule has 1 amide bonds. The normalized spacial score (nSPS) is 10.2. The molecule has 2 N–H and O–H groups in total. The number of anilines is 2. The Morgan fingerprint density at radius 1 is 1.08 bits per heavy atom. The molecule has 0 aliphatic rings. The molecule has 0 heterocycles. The number of carbonyl (C=O) groups excluding carboxylic acids is 2. The maximum atomic E-state index is 13.7. The van der Waals surface area contributed by atoms with Gasteiger partial charge in [-0.25, -0.2) is 9.18 Å². The van der Waals surface area contributed by atoms with Crippen LogP contribution in [-0.2, 0) is 9.53 Å². The molecule has 5 nitrogen and oxygen atoms in total. The van der Waals surface area contributed by atoms with Gasteiger partial charge in [0.2, 0.25) is 5.91 Å². The van der Waals surface area contributed by atoms with Gasteiger partial charge in [-0.2, -0.15) is 0 Å². The third-order valence-corrected chi connectivity index (χ3v) is 3.50. The largest absolute Gasteiger partial charge is 0.465 e. The van der Waals surface area contributed by atoms with E-state index in [1.54, 1.807) is 31.2 Å². The van der Waals surface area contributed by atoms with E-state index >= 15 is 0 Å². The number of carbonyl (C=O) groups is 2. The second kappa shape index (κ2) is 7.59. The molecule has 0 radical (unpaired) electrons. The van der Waals surface area contributed by atoms with Gasteiger partial charge < -0.3 is 15.4 Å². The smallest absolute Gasteiger partial charge is 0.337 e. The fourth-order valence-electron chi connectivity index (χ4n) is 2.15. The number of nitrogens with one attached hydrogen (secondary N) is 2. The molecule has 2 aromatic rings. The monoisotopic (exact) mass is 330 g/mol. The Balaban J connectivity index is 2.02. The number of benzene rings is 2. The lowest BCUT2D eigenvalue weighted by molar-refractivity contribution is -0.114. The van der Waals surface area contributed by atoms with Gasteiger partial charge in [-0.3, -0.25) is 4.79 Å². The van der Waals surface area contributed by atoms with Crippen molar-refractivity contribution >= 4 is 23.3 Å². The Bertz CT molecular complexity index is 775. The predicted octanol–water partition coefficient (Wildman–Crippen LogP) is 3.28. The molecule has 0 spiro atoms. The number of aryl methyl sites for hydroxylation is 2. The lowest BCUT2D eigenvalue weighted by Gasteiger charge is -2.12. The summed E-state index contributed by atoms with van der Waals surface area (Å²) < 4.78 is 18.4. The fraction of sp³-hybridized carbons (Fsp3) is 0.222. The van der Waals surface area contributed by atoms with E-state index in [-0.39, 0.29) is 18.1 Å². The summed E-state index contributed by atoms with van der Waals surface area (Å²) in [6, 6.07) is 9.61. The van der Waals surface area contributed by atoms with Crippen LogP contribution < -0.4 is 10.6 Å². The van der Waals surface area contributed by atoms with Gasteiger partial charge in [0, 0.05) is 5.69 Å². The number of ether oxygens (including phenoxy) is 1. The van der Waals surface area contributed by atoms with Crippen LogP contribution in [0, 0.1) is 19.7 Å². The molecule has 6 heteroatoms. The van der Waals surface area contributed by atoms with Crippen molar-refractivity contribution in [3.8, 4) is 0 Å². The molecule has 24 heavy (non-hydrogen) atoms. The second-order valence-corrected chi connectivity index (χ2v) is 5.41. The van der Waals surface area contributed by atoms with Crippen LogP contribution in [0.4, 0.5) is 15.8 Å². The van der Waals surface area contributed by atoms with Crippen LogP contribution >= 0.6 is 0 Å². The minimum atomic E-state index is -0.479. The molecule has 2 aromatic carbocycles. The van der Waals surface area contributed by atoms with Crippen molar-refractivity contribution in [1.29, 1.82) is 0 Å². The van der Waals surface area contributed by atoms with E-state index < -0.39 is 11.8 Å². The summed E-state index contributed by atoms with van der Waals surface area (Å²) in [5, 5.41) is 5.45. The molecule has 2 rings (SSSR count). The number of methoxy groups -OCH3 is 1. The van der Waals surface area contributed by atoms with Crippen LogP contribution in [0.5, 0.6) is 0 Å². The quantitative estimate of drug-likeness (QED) is 0.826. The SMILES string of the molecule is COC(=O)c1ccc(C)c(NCC(=O)Nc2ccc(C)cc2F)c1. The van der Waals surface area contributed by atoms with E-state index in [2.05, 4.69) is 15.4 Å². The average Bonchev–Trinajstić information content (AvgIpc) is 2.56. The first-order chi connectivity index (χ1) is 11.4. The first-order valence-electron chi connectivity index (χ1n) is 7.39. The third kappa shape index (κ3) is 4.32. The van der Waals surface area contributed by atoms with Crippen LogP contribution in [0.15, 0.2) is 36.4 Å². The molecule has 0 fully saturated rings. The lowest BCUT2D eigenvalue weighted by atomic mass is 10.1. The third-order valence-electron chi connectivity index (χ3n) is 3.50. The van der Waals surface area contributed by atoms with Crippen LogP contribution in [0.2, 0.25) is 0 Å². The van der Waals surface area contributed by atoms with Gasteiger partial charge in [0.1, 0.15) is 5.82 Å². The van der Waals surface area contributed by atoms with Crippen molar-refractivity contribution in [3.05, 3.63) is 58.9 Å². The van der Waals surface area contributed by atoms with Gasteiger partial charge in [-0.1, -0.05) is 12.1 Å². The van der Waals surface area contributed by atoms with Gasteiger partial charge in [0.05, 0.1) is 24.9 Å². The topological polar surface area (TPSA) is 67.4 Å². The zero-order chi connectivity index (χ0) is 17.7. The van der Waals surface area contributed by atoms with E-state index in [0.717, 1.165) is 11.1 Å². The van der Waals surface area contributed by atoms with E-state index in [0.29, 0.717) is 11.3 Å². The van der Waals surface area contributed by atoms with Crippen molar-refractivity contribution in [2.75, 3.05) is 24.3 Å².